The van der Waals surface area contributed by atoms with Crippen LogP contribution in [0.4, 0.5) is 0 Å². The predicted octanol–water partition coefficient (Wildman–Crippen LogP) is 3.02. The zero-order valence-corrected chi connectivity index (χ0v) is 8.07. The Morgan fingerprint density at radius 2 is 2.36 bits per heavy atom. The van der Waals surface area contributed by atoms with Gasteiger partial charge in [-0.25, -0.2) is 0 Å². The molecule has 1 nitrogen and oxygen atoms in total. The van der Waals surface area contributed by atoms with E-state index < -0.39 is 0 Å². The van der Waals surface area contributed by atoms with Gasteiger partial charge in [-0.3, -0.25) is 0 Å². The van der Waals surface area contributed by atoms with Crippen LogP contribution in [0.25, 0.3) is 0 Å². The molecule has 0 radical (unpaired) electrons. The smallest absolute Gasteiger partial charge is 0.0904 e. The van der Waals surface area contributed by atoms with E-state index in [9.17, 15) is 0 Å². The van der Waals surface area contributed by atoms with Crippen molar-refractivity contribution in [2.24, 2.45) is 0 Å². The second-order valence-electron chi connectivity index (χ2n) is 2.80. The van der Waals surface area contributed by atoms with E-state index in [0.29, 0.717) is 0 Å². The van der Waals surface area contributed by atoms with Crippen LogP contribution >= 0.6 is 11.3 Å². The summed E-state index contributed by atoms with van der Waals surface area (Å²) in [4.78, 5) is 0. The van der Waals surface area contributed by atoms with Crippen LogP contribution in [-0.2, 0) is 10.3 Å². The zero-order chi connectivity index (χ0) is 8.32. The third-order valence-corrected chi connectivity index (χ3v) is 2.94. The molecule has 0 aliphatic rings. The Labute approximate surface area is 72.0 Å². The monoisotopic (exact) mass is 170 g/mol. The summed E-state index contributed by atoms with van der Waals surface area (Å²) in [6.45, 7) is 4.26. The molecule has 1 rings (SSSR count). The molecule has 0 aromatic carbocycles. The zero-order valence-electron chi connectivity index (χ0n) is 7.26. The SMILES string of the molecule is CCC(C)(OC)c1ccsc1. The highest BCUT2D eigenvalue weighted by atomic mass is 32.1. The van der Waals surface area contributed by atoms with Crippen molar-refractivity contribution in [1.29, 1.82) is 0 Å². The Balaban J connectivity index is 2.87. The van der Waals surface area contributed by atoms with E-state index in [4.69, 9.17) is 4.74 Å². The average Bonchev–Trinajstić information content (AvgIpc) is 2.55. The third-order valence-electron chi connectivity index (χ3n) is 2.26. The molecule has 62 valence electrons. The lowest BCUT2D eigenvalue weighted by molar-refractivity contribution is -0.00103. The molecule has 1 unspecified atom stereocenters. The topological polar surface area (TPSA) is 9.23 Å². The summed E-state index contributed by atoms with van der Waals surface area (Å²) in [6, 6.07) is 2.12. The van der Waals surface area contributed by atoms with Crippen LogP contribution in [0.5, 0.6) is 0 Å². The van der Waals surface area contributed by atoms with Gasteiger partial charge in [0.1, 0.15) is 0 Å². The van der Waals surface area contributed by atoms with E-state index in [-0.39, 0.29) is 5.60 Å². The quantitative estimate of drug-likeness (QED) is 0.677. The number of rotatable bonds is 3. The molecule has 0 N–H and O–H groups in total. The minimum Gasteiger partial charge on any atom is -0.374 e. The Bertz CT molecular complexity index is 199. The Kier molecular flexibility index (Phi) is 2.68. The summed E-state index contributed by atoms with van der Waals surface area (Å²) in [5.74, 6) is 0. The average molecular weight is 170 g/mol. The van der Waals surface area contributed by atoms with Crippen LogP contribution in [0.3, 0.4) is 0 Å². The van der Waals surface area contributed by atoms with Crippen LogP contribution < -0.4 is 0 Å². The van der Waals surface area contributed by atoms with E-state index >= 15 is 0 Å². The fourth-order valence-corrected chi connectivity index (χ4v) is 1.81. The molecule has 11 heavy (non-hydrogen) atoms. The fraction of sp³-hybridized carbons (Fsp3) is 0.556. The number of hydrogen-bond donors (Lipinski definition) is 0. The van der Waals surface area contributed by atoms with Crippen molar-refractivity contribution in [3.63, 3.8) is 0 Å². The van der Waals surface area contributed by atoms with E-state index in [2.05, 4.69) is 30.7 Å². The highest BCUT2D eigenvalue weighted by molar-refractivity contribution is 7.08. The molecule has 0 fully saturated rings. The molecule has 0 saturated heterocycles. The number of ether oxygens (including phenoxy) is 1. The number of methoxy groups -OCH3 is 1. The van der Waals surface area contributed by atoms with Gasteiger partial charge in [0.15, 0.2) is 0 Å². The second-order valence-corrected chi connectivity index (χ2v) is 3.58. The van der Waals surface area contributed by atoms with E-state index in [1.165, 1.54) is 5.56 Å². The third kappa shape index (κ3) is 1.63. The van der Waals surface area contributed by atoms with E-state index in [1.54, 1.807) is 18.4 Å². The van der Waals surface area contributed by atoms with Crippen LogP contribution in [0.15, 0.2) is 16.8 Å². The lowest BCUT2D eigenvalue weighted by Gasteiger charge is -2.25. The van der Waals surface area contributed by atoms with Gasteiger partial charge in [0.05, 0.1) is 5.60 Å². The van der Waals surface area contributed by atoms with Gasteiger partial charge < -0.3 is 4.74 Å². The van der Waals surface area contributed by atoms with Gasteiger partial charge in [0.25, 0.3) is 0 Å². The Morgan fingerprint density at radius 1 is 1.64 bits per heavy atom. The Hall–Kier alpha value is -0.340. The van der Waals surface area contributed by atoms with Crippen molar-refractivity contribution < 1.29 is 4.74 Å². The molecular weight excluding hydrogens is 156 g/mol. The van der Waals surface area contributed by atoms with Crippen molar-refractivity contribution >= 4 is 11.3 Å². The molecule has 0 saturated carbocycles. The first-order valence-electron chi connectivity index (χ1n) is 3.81. The summed E-state index contributed by atoms with van der Waals surface area (Å²) < 4.78 is 5.44. The van der Waals surface area contributed by atoms with Gasteiger partial charge in [0, 0.05) is 7.11 Å². The van der Waals surface area contributed by atoms with Gasteiger partial charge in [-0.15, -0.1) is 0 Å². The van der Waals surface area contributed by atoms with E-state index in [0.717, 1.165) is 6.42 Å². The molecule has 0 spiro atoms. The lowest BCUT2D eigenvalue weighted by atomic mass is 9.96. The van der Waals surface area contributed by atoms with Crippen LogP contribution in [0, 0.1) is 0 Å². The molecule has 0 amide bonds. The maximum absolute atomic E-state index is 5.44. The molecule has 0 aliphatic heterocycles. The molecule has 2 heteroatoms. The largest absolute Gasteiger partial charge is 0.374 e. The minimum absolute atomic E-state index is 0.0833. The fourth-order valence-electron chi connectivity index (χ4n) is 1.03. The van der Waals surface area contributed by atoms with Gasteiger partial charge in [0.2, 0.25) is 0 Å². The normalized spacial score (nSPS) is 16.3. The standard InChI is InChI=1S/C9H14OS/c1-4-9(2,10-3)8-5-6-11-7-8/h5-7H,4H2,1-3H3. The highest BCUT2D eigenvalue weighted by Gasteiger charge is 2.23. The van der Waals surface area contributed by atoms with Gasteiger partial charge in [-0.2, -0.15) is 11.3 Å². The first kappa shape index (κ1) is 8.75. The van der Waals surface area contributed by atoms with Crippen molar-refractivity contribution in [2.75, 3.05) is 7.11 Å². The highest BCUT2D eigenvalue weighted by Crippen LogP contribution is 2.29. The van der Waals surface area contributed by atoms with Crippen molar-refractivity contribution in [3.8, 4) is 0 Å². The first-order valence-corrected chi connectivity index (χ1v) is 4.75. The summed E-state index contributed by atoms with van der Waals surface area (Å²) in [5.41, 5.74) is 1.20. The van der Waals surface area contributed by atoms with Crippen LogP contribution in [-0.4, -0.2) is 7.11 Å². The molecule has 1 heterocycles. The number of thiophene rings is 1. The van der Waals surface area contributed by atoms with Gasteiger partial charge >= 0.3 is 0 Å². The maximum atomic E-state index is 5.44. The van der Waals surface area contributed by atoms with Crippen molar-refractivity contribution in [1.82, 2.24) is 0 Å². The minimum atomic E-state index is -0.0833. The maximum Gasteiger partial charge on any atom is 0.0904 e. The summed E-state index contributed by atoms with van der Waals surface area (Å²) >= 11 is 1.72. The predicted molar refractivity (Wildman–Crippen MR) is 49.0 cm³/mol. The first-order chi connectivity index (χ1) is 5.23. The molecule has 1 aromatic heterocycles. The molecule has 0 aliphatic carbocycles. The van der Waals surface area contributed by atoms with Crippen molar-refractivity contribution in [2.45, 2.75) is 25.9 Å². The van der Waals surface area contributed by atoms with Crippen molar-refractivity contribution in [3.05, 3.63) is 22.4 Å². The van der Waals surface area contributed by atoms with Crippen LogP contribution in [0.1, 0.15) is 25.8 Å². The summed E-state index contributed by atoms with van der Waals surface area (Å²) in [5, 5.41) is 4.23. The van der Waals surface area contributed by atoms with Gasteiger partial charge in [-0.1, -0.05) is 6.92 Å². The number of hydrogen-bond acceptors (Lipinski definition) is 2. The van der Waals surface area contributed by atoms with Crippen LogP contribution in [0.2, 0.25) is 0 Å². The van der Waals surface area contributed by atoms with E-state index in [1.807, 2.05) is 0 Å². The summed E-state index contributed by atoms with van der Waals surface area (Å²) in [7, 11) is 1.77. The molecule has 0 bridgehead atoms. The molecule has 1 atom stereocenters. The molecular formula is C9H14OS. The van der Waals surface area contributed by atoms with Gasteiger partial charge in [-0.05, 0) is 35.7 Å². The summed E-state index contributed by atoms with van der Waals surface area (Å²) in [6.07, 6.45) is 1.01. The molecule has 1 aromatic rings. The lowest BCUT2D eigenvalue weighted by Crippen LogP contribution is -2.22. The second kappa shape index (κ2) is 3.37. The Morgan fingerprint density at radius 3 is 2.73 bits per heavy atom.